The average molecular weight is 323 g/mol. The SMILES string of the molecule is COC(=O)CC(NC(=O)c1cc(C)sc1C)c1cccs1. The first-order valence-corrected chi connectivity index (χ1v) is 8.19. The second-order valence-corrected chi connectivity index (χ2v) is 7.09. The Morgan fingerprint density at radius 2 is 2.14 bits per heavy atom. The minimum absolute atomic E-state index is 0.130. The fourth-order valence-corrected chi connectivity index (χ4v) is 3.75. The zero-order valence-corrected chi connectivity index (χ0v) is 13.8. The smallest absolute Gasteiger partial charge is 0.307 e. The minimum Gasteiger partial charge on any atom is -0.469 e. The van der Waals surface area contributed by atoms with Crippen molar-refractivity contribution in [2.75, 3.05) is 7.11 Å². The van der Waals surface area contributed by atoms with E-state index in [0.717, 1.165) is 14.6 Å². The molecule has 0 bridgehead atoms. The van der Waals surface area contributed by atoms with Gasteiger partial charge in [-0.05, 0) is 31.4 Å². The molecular formula is C15H17NO3S2. The standard InChI is InChI=1S/C15H17NO3S2/c1-9-7-11(10(2)21-9)15(18)16-12(8-14(17)19-3)13-5-4-6-20-13/h4-7,12H,8H2,1-3H3,(H,16,18). The third-order valence-corrected chi connectivity index (χ3v) is 5.03. The Morgan fingerprint density at radius 1 is 1.38 bits per heavy atom. The van der Waals surface area contributed by atoms with Gasteiger partial charge in [0.25, 0.3) is 5.91 Å². The highest BCUT2D eigenvalue weighted by molar-refractivity contribution is 7.12. The molecule has 0 saturated heterocycles. The molecule has 2 aromatic rings. The van der Waals surface area contributed by atoms with Crippen molar-refractivity contribution in [2.45, 2.75) is 26.3 Å². The molecule has 1 amide bonds. The van der Waals surface area contributed by atoms with Gasteiger partial charge >= 0.3 is 5.97 Å². The summed E-state index contributed by atoms with van der Waals surface area (Å²) < 4.78 is 4.71. The number of nitrogens with one attached hydrogen (secondary N) is 1. The van der Waals surface area contributed by atoms with Crippen LogP contribution in [0.25, 0.3) is 0 Å². The molecule has 2 aromatic heterocycles. The number of carbonyl (C=O) groups excluding carboxylic acids is 2. The van der Waals surface area contributed by atoms with E-state index < -0.39 is 0 Å². The molecule has 1 atom stereocenters. The lowest BCUT2D eigenvalue weighted by Gasteiger charge is -2.16. The fourth-order valence-electron chi connectivity index (χ4n) is 2.05. The summed E-state index contributed by atoms with van der Waals surface area (Å²) in [5.41, 5.74) is 0.670. The number of esters is 1. The predicted molar refractivity (Wildman–Crippen MR) is 85.0 cm³/mol. The third kappa shape index (κ3) is 3.92. The molecule has 21 heavy (non-hydrogen) atoms. The Balaban J connectivity index is 2.17. The highest BCUT2D eigenvalue weighted by atomic mass is 32.1. The molecule has 2 heterocycles. The number of aryl methyl sites for hydroxylation is 2. The zero-order valence-electron chi connectivity index (χ0n) is 12.1. The van der Waals surface area contributed by atoms with Gasteiger partial charge < -0.3 is 10.1 Å². The van der Waals surface area contributed by atoms with E-state index in [1.54, 1.807) is 11.3 Å². The monoisotopic (exact) mass is 323 g/mol. The Kier molecular flexibility index (Phi) is 5.14. The van der Waals surface area contributed by atoms with Crippen LogP contribution in [0.3, 0.4) is 0 Å². The topological polar surface area (TPSA) is 55.4 Å². The van der Waals surface area contributed by atoms with E-state index in [1.807, 2.05) is 37.4 Å². The molecule has 6 heteroatoms. The van der Waals surface area contributed by atoms with Gasteiger partial charge in [0.15, 0.2) is 0 Å². The summed E-state index contributed by atoms with van der Waals surface area (Å²) in [7, 11) is 1.35. The van der Waals surface area contributed by atoms with Crippen LogP contribution >= 0.6 is 22.7 Å². The maximum absolute atomic E-state index is 12.4. The van der Waals surface area contributed by atoms with Crippen molar-refractivity contribution in [2.24, 2.45) is 0 Å². The summed E-state index contributed by atoms with van der Waals surface area (Å²) in [6, 6.07) is 5.32. The fraction of sp³-hybridized carbons (Fsp3) is 0.333. The number of rotatable bonds is 5. The summed E-state index contributed by atoms with van der Waals surface area (Å²) in [6.07, 6.45) is 0.130. The Bertz CT molecular complexity index is 631. The van der Waals surface area contributed by atoms with E-state index in [9.17, 15) is 9.59 Å². The van der Waals surface area contributed by atoms with Crippen molar-refractivity contribution in [3.8, 4) is 0 Å². The number of amides is 1. The first-order valence-electron chi connectivity index (χ1n) is 6.49. The van der Waals surface area contributed by atoms with E-state index >= 15 is 0 Å². The molecule has 0 saturated carbocycles. The molecule has 112 valence electrons. The Morgan fingerprint density at radius 3 is 2.67 bits per heavy atom. The van der Waals surface area contributed by atoms with Crippen LogP contribution in [-0.2, 0) is 9.53 Å². The summed E-state index contributed by atoms with van der Waals surface area (Å²) >= 11 is 3.10. The van der Waals surface area contributed by atoms with Crippen LogP contribution in [0.5, 0.6) is 0 Å². The average Bonchev–Trinajstić information content (AvgIpc) is 3.07. The van der Waals surface area contributed by atoms with Crippen LogP contribution in [0, 0.1) is 13.8 Å². The number of hydrogen-bond acceptors (Lipinski definition) is 5. The van der Waals surface area contributed by atoms with Gasteiger partial charge in [-0.1, -0.05) is 6.07 Å². The molecule has 1 N–H and O–H groups in total. The van der Waals surface area contributed by atoms with Gasteiger partial charge in [-0.15, -0.1) is 22.7 Å². The van der Waals surface area contributed by atoms with Gasteiger partial charge in [-0.2, -0.15) is 0 Å². The van der Waals surface area contributed by atoms with E-state index in [0.29, 0.717) is 5.56 Å². The van der Waals surface area contributed by atoms with Crippen molar-refractivity contribution in [1.82, 2.24) is 5.32 Å². The molecule has 0 fully saturated rings. The van der Waals surface area contributed by atoms with Crippen LogP contribution < -0.4 is 5.32 Å². The lowest BCUT2D eigenvalue weighted by molar-refractivity contribution is -0.141. The summed E-state index contributed by atoms with van der Waals surface area (Å²) in [5.74, 6) is -0.494. The number of hydrogen-bond donors (Lipinski definition) is 1. The van der Waals surface area contributed by atoms with Crippen LogP contribution in [0.2, 0.25) is 0 Å². The molecule has 0 aliphatic heterocycles. The lowest BCUT2D eigenvalue weighted by Crippen LogP contribution is -2.30. The molecule has 2 rings (SSSR count). The van der Waals surface area contributed by atoms with E-state index in [-0.39, 0.29) is 24.3 Å². The van der Waals surface area contributed by atoms with Crippen molar-refractivity contribution in [3.05, 3.63) is 43.8 Å². The second kappa shape index (κ2) is 6.87. The van der Waals surface area contributed by atoms with Crippen molar-refractivity contribution < 1.29 is 14.3 Å². The van der Waals surface area contributed by atoms with Gasteiger partial charge in [0.1, 0.15) is 0 Å². The molecule has 1 unspecified atom stereocenters. The Hall–Kier alpha value is -1.66. The highest BCUT2D eigenvalue weighted by Crippen LogP contribution is 2.25. The van der Waals surface area contributed by atoms with Crippen molar-refractivity contribution >= 4 is 34.6 Å². The number of ether oxygens (including phenoxy) is 1. The molecule has 0 spiro atoms. The first kappa shape index (κ1) is 15.7. The van der Waals surface area contributed by atoms with Gasteiger partial charge in [0, 0.05) is 14.6 Å². The van der Waals surface area contributed by atoms with Crippen molar-refractivity contribution in [1.29, 1.82) is 0 Å². The first-order chi connectivity index (χ1) is 10.0. The van der Waals surface area contributed by atoms with Gasteiger partial charge in [0.05, 0.1) is 25.1 Å². The quantitative estimate of drug-likeness (QED) is 0.857. The van der Waals surface area contributed by atoms with Gasteiger partial charge in [0.2, 0.25) is 0 Å². The molecule has 0 aliphatic rings. The van der Waals surface area contributed by atoms with Gasteiger partial charge in [-0.25, -0.2) is 0 Å². The van der Waals surface area contributed by atoms with Crippen molar-refractivity contribution in [3.63, 3.8) is 0 Å². The molecular weight excluding hydrogens is 306 g/mol. The summed E-state index contributed by atoms with van der Waals surface area (Å²) in [5, 5.41) is 4.85. The van der Waals surface area contributed by atoms with E-state index in [2.05, 4.69) is 5.32 Å². The maximum Gasteiger partial charge on any atom is 0.307 e. The highest BCUT2D eigenvalue weighted by Gasteiger charge is 2.22. The zero-order chi connectivity index (χ0) is 15.4. The minimum atomic E-state index is -0.357. The van der Waals surface area contributed by atoms with Crippen LogP contribution in [0.4, 0.5) is 0 Å². The Labute approximate surface area is 131 Å². The summed E-state index contributed by atoms with van der Waals surface area (Å²) in [6.45, 7) is 3.90. The molecule has 0 radical (unpaired) electrons. The third-order valence-electron chi connectivity index (χ3n) is 3.08. The number of methoxy groups -OCH3 is 1. The largest absolute Gasteiger partial charge is 0.469 e. The predicted octanol–water partition coefficient (Wildman–Crippen LogP) is 3.46. The summed E-state index contributed by atoms with van der Waals surface area (Å²) in [4.78, 5) is 27.0. The molecule has 0 aromatic carbocycles. The van der Waals surface area contributed by atoms with Crippen LogP contribution in [-0.4, -0.2) is 19.0 Å². The molecule has 4 nitrogen and oxygen atoms in total. The van der Waals surface area contributed by atoms with Crippen LogP contribution in [0.1, 0.15) is 37.5 Å². The molecule has 0 aliphatic carbocycles. The van der Waals surface area contributed by atoms with E-state index in [4.69, 9.17) is 4.74 Å². The maximum atomic E-state index is 12.4. The number of thiophene rings is 2. The lowest BCUT2D eigenvalue weighted by atomic mass is 10.1. The normalized spacial score (nSPS) is 12.0. The van der Waals surface area contributed by atoms with E-state index in [1.165, 1.54) is 18.4 Å². The van der Waals surface area contributed by atoms with Gasteiger partial charge in [-0.3, -0.25) is 9.59 Å². The van der Waals surface area contributed by atoms with Crippen LogP contribution in [0.15, 0.2) is 23.6 Å². The second-order valence-electron chi connectivity index (χ2n) is 4.65. The number of carbonyl (C=O) groups is 2.